The van der Waals surface area contributed by atoms with Crippen LogP contribution in [0.2, 0.25) is 0 Å². The second kappa shape index (κ2) is 8.33. The molecule has 0 aliphatic carbocycles. The van der Waals surface area contributed by atoms with E-state index in [9.17, 15) is 18.0 Å². The summed E-state index contributed by atoms with van der Waals surface area (Å²) in [7, 11) is -3.86. The predicted octanol–water partition coefficient (Wildman–Crippen LogP) is 1.02. The second-order valence-electron chi connectivity index (χ2n) is 6.29. The van der Waals surface area contributed by atoms with Crippen LogP contribution in [0.1, 0.15) is 25.3 Å². The van der Waals surface area contributed by atoms with Crippen LogP contribution in [0.4, 0.5) is 0 Å². The normalized spacial score (nSPS) is 18.5. The van der Waals surface area contributed by atoms with Crippen molar-refractivity contribution in [2.45, 2.75) is 37.6 Å². The van der Waals surface area contributed by atoms with Crippen LogP contribution in [-0.4, -0.2) is 43.7 Å². The summed E-state index contributed by atoms with van der Waals surface area (Å²) < 4.78 is 31.7. The van der Waals surface area contributed by atoms with E-state index in [-0.39, 0.29) is 22.7 Å². The van der Waals surface area contributed by atoms with E-state index in [0.29, 0.717) is 12.8 Å². The van der Waals surface area contributed by atoms with Crippen LogP contribution in [0.25, 0.3) is 0 Å². The number of nitrogens with two attached hydrogens (primary N) is 1. The summed E-state index contributed by atoms with van der Waals surface area (Å²) in [5, 5.41) is 8.90. The highest BCUT2D eigenvalue weighted by Gasteiger charge is 2.40. The minimum atomic E-state index is -3.86. The first-order valence-corrected chi connectivity index (χ1v) is 9.77. The third-order valence-electron chi connectivity index (χ3n) is 4.23. The summed E-state index contributed by atoms with van der Waals surface area (Å²) in [4.78, 5) is 24.4. The Labute approximate surface area is 158 Å². The van der Waals surface area contributed by atoms with Crippen molar-refractivity contribution in [2.75, 3.05) is 13.2 Å². The van der Waals surface area contributed by atoms with Crippen LogP contribution in [0.3, 0.4) is 0 Å². The Morgan fingerprint density at radius 2 is 1.96 bits per heavy atom. The van der Waals surface area contributed by atoms with E-state index in [4.69, 9.17) is 15.7 Å². The zero-order valence-electron chi connectivity index (χ0n) is 15.1. The number of Topliss-reactive ketones (excluding diaryl/α,β-unsaturated/α-hetero) is 1. The molecule has 1 aliphatic heterocycles. The number of sulfonamides is 1. The van der Waals surface area contributed by atoms with Crippen LogP contribution in [-0.2, 0) is 24.3 Å². The van der Waals surface area contributed by atoms with Crippen molar-refractivity contribution in [3.05, 3.63) is 41.1 Å². The number of ketones is 1. The van der Waals surface area contributed by atoms with Gasteiger partial charge in [-0.25, -0.2) is 8.42 Å². The highest BCUT2D eigenvalue weighted by atomic mass is 32.2. The average molecular weight is 391 g/mol. The number of nitrogens with zero attached hydrogens (tertiary/aromatic N) is 2. The molecular formula is C18H21N3O5S. The van der Waals surface area contributed by atoms with E-state index >= 15 is 0 Å². The fourth-order valence-corrected chi connectivity index (χ4v) is 4.43. The maximum absolute atomic E-state index is 12.8. The number of carbonyl (C=O) groups is 2. The third-order valence-corrected chi connectivity index (χ3v) is 6.16. The largest absolute Gasteiger partial charge is 0.456 e. The van der Waals surface area contributed by atoms with Gasteiger partial charge in [0.1, 0.15) is 17.7 Å². The van der Waals surface area contributed by atoms with Crippen molar-refractivity contribution < 1.29 is 22.7 Å². The zero-order valence-corrected chi connectivity index (χ0v) is 16.0. The van der Waals surface area contributed by atoms with Crippen LogP contribution in [0.5, 0.6) is 0 Å². The van der Waals surface area contributed by atoms with Gasteiger partial charge in [-0.15, -0.1) is 0 Å². The molecule has 1 atom stereocenters. The van der Waals surface area contributed by atoms with Gasteiger partial charge in [0.05, 0.1) is 4.90 Å². The molecule has 0 amide bonds. The van der Waals surface area contributed by atoms with E-state index < -0.39 is 34.4 Å². The molecule has 8 nitrogen and oxygen atoms in total. The standard InChI is InChI=1S/C18H21N3O5S/c1-12-5-7-14(8-6-12)27(24,25)21-9-3-4-16(21)18(23)26-11-17(22)15(10-19)13(2)20/h5-8,16H,3-4,9,11,20H2,1-2H3/b15-13+. The SMILES string of the molecule is C/C(N)=C(/C#N)C(=O)COC(=O)C1CCCN1S(=O)(=O)c1ccc(C)cc1. The van der Waals surface area contributed by atoms with E-state index in [1.165, 1.54) is 19.1 Å². The number of carbonyl (C=O) groups excluding carboxylic acids is 2. The Hall–Kier alpha value is -2.70. The number of aryl methyl sites for hydroxylation is 1. The average Bonchev–Trinajstić information content (AvgIpc) is 3.11. The quantitative estimate of drug-likeness (QED) is 0.435. The van der Waals surface area contributed by atoms with E-state index in [1.807, 2.05) is 6.92 Å². The maximum Gasteiger partial charge on any atom is 0.324 e. The van der Waals surface area contributed by atoms with Crippen molar-refractivity contribution in [3.8, 4) is 6.07 Å². The van der Waals surface area contributed by atoms with Crippen molar-refractivity contribution in [2.24, 2.45) is 5.73 Å². The first-order chi connectivity index (χ1) is 12.7. The fourth-order valence-electron chi connectivity index (χ4n) is 2.78. The van der Waals surface area contributed by atoms with Crippen molar-refractivity contribution in [1.82, 2.24) is 4.31 Å². The number of nitriles is 1. The summed E-state index contributed by atoms with van der Waals surface area (Å²) in [6.07, 6.45) is 0.805. The maximum atomic E-state index is 12.8. The summed E-state index contributed by atoms with van der Waals surface area (Å²) in [5.41, 5.74) is 6.11. The molecule has 1 unspecified atom stereocenters. The minimum Gasteiger partial charge on any atom is -0.456 e. The minimum absolute atomic E-state index is 0.0305. The topological polar surface area (TPSA) is 131 Å². The smallest absolute Gasteiger partial charge is 0.324 e. The number of esters is 1. The molecule has 144 valence electrons. The highest BCUT2D eigenvalue weighted by Crippen LogP contribution is 2.27. The molecule has 0 spiro atoms. The molecule has 9 heteroatoms. The predicted molar refractivity (Wildman–Crippen MR) is 96.6 cm³/mol. The Morgan fingerprint density at radius 3 is 2.52 bits per heavy atom. The Kier molecular flexibility index (Phi) is 6.36. The number of ether oxygens (including phenoxy) is 1. The number of hydrogen-bond acceptors (Lipinski definition) is 7. The molecule has 2 N–H and O–H groups in total. The number of hydrogen-bond donors (Lipinski definition) is 1. The monoisotopic (exact) mass is 391 g/mol. The van der Waals surface area contributed by atoms with Crippen LogP contribution >= 0.6 is 0 Å². The van der Waals surface area contributed by atoms with Crippen molar-refractivity contribution >= 4 is 21.8 Å². The van der Waals surface area contributed by atoms with Gasteiger partial charge in [0.25, 0.3) is 0 Å². The fraction of sp³-hybridized carbons (Fsp3) is 0.389. The van der Waals surface area contributed by atoms with Gasteiger partial charge in [0.2, 0.25) is 15.8 Å². The van der Waals surface area contributed by atoms with Gasteiger partial charge in [-0.05, 0) is 38.8 Å². The van der Waals surface area contributed by atoms with Crippen molar-refractivity contribution in [3.63, 3.8) is 0 Å². The molecule has 0 radical (unpaired) electrons. The molecule has 1 aliphatic rings. The molecule has 0 bridgehead atoms. The zero-order chi connectivity index (χ0) is 20.2. The Morgan fingerprint density at radius 1 is 1.33 bits per heavy atom. The van der Waals surface area contributed by atoms with Gasteiger partial charge >= 0.3 is 5.97 Å². The Bertz CT molecular complexity index is 909. The van der Waals surface area contributed by atoms with E-state index in [2.05, 4.69) is 0 Å². The molecule has 1 aromatic carbocycles. The lowest BCUT2D eigenvalue weighted by Gasteiger charge is -2.22. The molecule has 0 aromatic heterocycles. The summed E-state index contributed by atoms with van der Waals surface area (Å²) >= 11 is 0. The van der Waals surface area contributed by atoms with Gasteiger partial charge in [-0.2, -0.15) is 9.57 Å². The van der Waals surface area contributed by atoms with Crippen molar-refractivity contribution in [1.29, 1.82) is 5.26 Å². The first-order valence-electron chi connectivity index (χ1n) is 8.33. The molecule has 27 heavy (non-hydrogen) atoms. The van der Waals surface area contributed by atoms with Gasteiger partial charge in [-0.3, -0.25) is 9.59 Å². The van der Waals surface area contributed by atoms with Gasteiger partial charge < -0.3 is 10.5 Å². The van der Waals surface area contributed by atoms with Crippen LogP contribution in [0, 0.1) is 18.3 Å². The summed E-state index contributed by atoms with van der Waals surface area (Å²) in [6, 6.07) is 7.00. The van der Waals surface area contributed by atoms with Crippen LogP contribution < -0.4 is 5.73 Å². The Balaban J connectivity index is 2.12. The molecule has 1 aromatic rings. The number of benzene rings is 1. The first kappa shape index (κ1) is 20.6. The van der Waals surface area contributed by atoms with E-state index in [1.54, 1.807) is 18.2 Å². The lowest BCUT2D eigenvalue weighted by atomic mass is 10.1. The van der Waals surface area contributed by atoms with Crippen LogP contribution in [0.15, 0.2) is 40.4 Å². The lowest BCUT2D eigenvalue weighted by Crippen LogP contribution is -2.41. The third kappa shape index (κ3) is 4.53. The molecule has 2 rings (SSSR count). The summed E-state index contributed by atoms with van der Waals surface area (Å²) in [6.45, 7) is 2.77. The molecule has 0 saturated carbocycles. The number of rotatable bonds is 6. The van der Waals surface area contributed by atoms with Gasteiger partial charge in [0.15, 0.2) is 6.61 Å². The highest BCUT2D eigenvalue weighted by molar-refractivity contribution is 7.89. The number of allylic oxidation sites excluding steroid dienone is 1. The molecule has 1 saturated heterocycles. The van der Waals surface area contributed by atoms with Gasteiger partial charge in [-0.1, -0.05) is 17.7 Å². The summed E-state index contributed by atoms with van der Waals surface area (Å²) in [5.74, 6) is -1.54. The van der Waals surface area contributed by atoms with Gasteiger partial charge in [0, 0.05) is 12.2 Å². The van der Waals surface area contributed by atoms with E-state index in [0.717, 1.165) is 9.87 Å². The second-order valence-corrected chi connectivity index (χ2v) is 8.18. The lowest BCUT2D eigenvalue weighted by molar-refractivity contribution is -0.150. The molecule has 1 heterocycles. The molecule has 1 fully saturated rings. The molecular weight excluding hydrogens is 370 g/mol.